The molecule has 0 N–H and O–H groups in total. The molecule has 1 atom stereocenters. The lowest BCUT2D eigenvalue weighted by Gasteiger charge is -2.18. The van der Waals surface area contributed by atoms with Crippen LogP contribution in [0.5, 0.6) is 11.5 Å². The molecule has 0 bridgehead atoms. The van der Waals surface area contributed by atoms with E-state index >= 15 is 0 Å². The number of hydrogen-bond acceptors (Lipinski definition) is 4. The minimum Gasteiger partial charge on any atom is -0.493 e. The fraction of sp³-hybridized carbons (Fsp3) is 0.423. The molecule has 1 fully saturated rings. The van der Waals surface area contributed by atoms with E-state index in [2.05, 4.69) is 11.8 Å². The first-order valence-corrected chi connectivity index (χ1v) is 11.1. The fourth-order valence-electron chi connectivity index (χ4n) is 3.89. The topological polar surface area (TPSA) is 44.8 Å². The molecule has 0 spiro atoms. The lowest BCUT2D eigenvalue weighted by atomic mass is 9.95. The molecule has 194 valence electrons. The molecule has 0 heterocycles. The lowest BCUT2D eigenvalue weighted by Crippen LogP contribution is -2.13. The van der Waals surface area contributed by atoms with Gasteiger partial charge in [-0.15, -0.1) is 0 Å². The minimum absolute atomic E-state index is 0.00908. The van der Waals surface area contributed by atoms with E-state index in [-0.39, 0.29) is 18.6 Å². The maximum absolute atomic E-state index is 13.2. The predicted octanol–water partition coefficient (Wildman–Crippen LogP) is 6.75. The molecule has 1 saturated carbocycles. The van der Waals surface area contributed by atoms with Gasteiger partial charge in [-0.3, -0.25) is 4.79 Å². The lowest BCUT2D eigenvalue weighted by molar-refractivity contribution is -0.143. The van der Waals surface area contributed by atoms with Crippen LogP contribution in [-0.4, -0.2) is 26.3 Å². The van der Waals surface area contributed by atoms with Gasteiger partial charge in [0.25, 0.3) is 0 Å². The molecule has 0 aliphatic heterocycles. The number of rotatable bonds is 6. The second-order valence-corrected chi connectivity index (χ2v) is 8.33. The van der Waals surface area contributed by atoms with Crippen LogP contribution in [0.15, 0.2) is 36.4 Å². The van der Waals surface area contributed by atoms with Crippen molar-refractivity contribution >= 4 is 5.97 Å². The summed E-state index contributed by atoms with van der Waals surface area (Å²) in [5, 5.41) is 0. The van der Waals surface area contributed by atoms with Gasteiger partial charge in [-0.2, -0.15) is 26.3 Å². The number of hydrogen-bond donors (Lipinski definition) is 0. The van der Waals surface area contributed by atoms with E-state index in [1.807, 2.05) is 0 Å². The van der Waals surface area contributed by atoms with Crippen molar-refractivity contribution < 1.29 is 45.3 Å². The molecule has 0 radical (unpaired) electrons. The molecule has 2 aromatic rings. The maximum atomic E-state index is 13.2. The second kappa shape index (κ2) is 11.1. The Labute approximate surface area is 204 Å². The van der Waals surface area contributed by atoms with Gasteiger partial charge in [0.15, 0.2) is 11.5 Å². The number of esters is 1. The van der Waals surface area contributed by atoms with Crippen LogP contribution in [0.25, 0.3) is 0 Å². The van der Waals surface area contributed by atoms with Crippen LogP contribution in [0.2, 0.25) is 0 Å². The molecule has 0 saturated heterocycles. The number of benzene rings is 2. The molecule has 0 unspecified atom stereocenters. The third-order valence-electron chi connectivity index (χ3n) is 5.76. The average Bonchev–Trinajstić information content (AvgIpc) is 3.33. The van der Waals surface area contributed by atoms with Gasteiger partial charge in [0, 0.05) is 5.56 Å². The first-order valence-electron chi connectivity index (χ1n) is 11.1. The zero-order valence-corrected chi connectivity index (χ0v) is 19.6. The van der Waals surface area contributed by atoms with E-state index in [0.29, 0.717) is 29.2 Å². The average molecular weight is 514 g/mol. The summed E-state index contributed by atoms with van der Waals surface area (Å²) in [5.74, 6) is 4.36. The number of carbonyl (C=O) groups is 1. The van der Waals surface area contributed by atoms with Crippen molar-refractivity contribution in [2.45, 2.75) is 56.5 Å². The molecule has 1 aliphatic carbocycles. The highest BCUT2D eigenvalue weighted by Crippen LogP contribution is 2.37. The highest BCUT2D eigenvalue weighted by molar-refractivity contribution is 5.71. The summed E-state index contributed by atoms with van der Waals surface area (Å²) < 4.78 is 95.3. The summed E-state index contributed by atoms with van der Waals surface area (Å²) >= 11 is 0. The Morgan fingerprint density at radius 2 is 1.56 bits per heavy atom. The zero-order valence-electron chi connectivity index (χ0n) is 19.6. The van der Waals surface area contributed by atoms with Crippen molar-refractivity contribution in [2.75, 3.05) is 14.2 Å². The molecule has 1 aliphatic rings. The van der Waals surface area contributed by atoms with E-state index in [9.17, 15) is 31.1 Å². The van der Waals surface area contributed by atoms with Gasteiger partial charge in [-0.05, 0) is 61.6 Å². The standard InChI is InChI=1S/C26H24F6O4/c1-34-22-10-9-17(13-23(22)36-21-5-3-4-6-21)18(14-24(33)35-2)8-7-16-11-19(25(27,28)29)15-20(12-16)26(30,31)32/h9-13,15,18,21H,3-6,14H2,1-2H3/t18-/m0/s1. The Bertz CT molecular complexity index is 1110. The quantitative estimate of drug-likeness (QED) is 0.243. The van der Waals surface area contributed by atoms with Crippen LogP contribution >= 0.6 is 0 Å². The smallest absolute Gasteiger partial charge is 0.416 e. The van der Waals surface area contributed by atoms with Crippen LogP contribution in [-0.2, 0) is 21.9 Å². The van der Waals surface area contributed by atoms with Crippen molar-refractivity contribution in [2.24, 2.45) is 0 Å². The summed E-state index contributed by atoms with van der Waals surface area (Å²) in [6, 6.07) is 5.95. The number of methoxy groups -OCH3 is 2. The first kappa shape index (κ1) is 27.2. The third-order valence-corrected chi connectivity index (χ3v) is 5.76. The maximum Gasteiger partial charge on any atom is 0.416 e. The molecule has 3 rings (SSSR count). The highest BCUT2D eigenvalue weighted by Gasteiger charge is 2.36. The van der Waals surface area contributed by atoms with Crippen LogP contribution < -0.4 is 9.47 Å². The Morgan fingerprint density at radius 3 is 2.08 bits per heavy atom. The number of carbonyl (C=O) groups excluding carboxylic acids is 1. The molecule has 4 nitrogen and oxygen atoms in total. The van der Waals surface area contributed by atoms with Gasteiger partial charge < -0.3 is 14.2 Å². The number of halogens is 6. The second-order valence-electron chi connectivity index (χ2n) is 8.33. The van der Waals surface area contributed by atoms with E-state index in [1.54, 1.807) is 18.2 Å². The van der Waals surface area contributed by atoms with Gasteiger partial charge >= 0.3 is 18.3 Å². The van der Waals surface area contributed by atoms with Crippen LogP contribution in [0.3, 0.4) is 0 Å². The molecule has 2 aromatic carbocycles. The van der Waals surface area contributed by atoms with Crippen molar-refractivity contribution in [1.29, 1.82) is 0 Å². The number of ether oxygens (including phenoxy) is 3. The molecule has 10 heteroatoms. The minimum atomic E-state index is -4.99. The summed E-state index contributed by atoms with van der Waals surface area (Å²) in [6.07, 6.45) is -6.47. The zero-order chi connectivity index (χ0) is 26.5. The van der Waals surface area contributed by atoms with E-state index in [0.717, 1.165) is 32.8 Å². The molecule has 36 heavy (non-hydrogen) atoms. The molecule has 0 aromatic heterocycles. The van der Waals surface area contributed by atoms with E-state index in [1.165, 1.54) is 7.11 Å². The van der Waals surface area contributed by atoms with Crippen LogP contribution in [0.4, 0.5) is 26.3 Å². The normalized spacial score (nSPS) is 15.1. The summed E-state index contributed by atoms with van der Waals surface area (Å²) in [7, 11) is 2.63. The monoisotopic (exact) mass is 514 g/mol. The van der Waals surface area contributed by atoms with Crippen molar-refractivity contribution in [3.05, 3.63) is 58.7 Å². The van der Waals surface area contributed by atoms with Crippen LogP contribution in [0, 0.1) is 11.8 Å². The Balaban J connectivity index is 2.03. The van der Waals surface area contributed by atoms with E-state index in [4.69, 9.17) is 14.2 Å². The summed E-state index contributed by atoms with van der Waals surface area (Å²) in [6.45, 7) is 0. The third kappa shape index (κ3) is 7.09. The first-order chi connectivity index (χ1) is 16.9. The van der Waals surface area contributed by atoms with Gasteiger partial charge in [-0.1, -0.05) is 17.9 Å². The Morgan fingerprint density at radius 1 is 0.944 bits per heavy atom. The van der Waals surface area contributed by atoms with Gasteiger partial charge in [0.2, 0.25) is 0 Å². The number of alkyl halides is 6. The SMILES string of the molecule is COC(=O)C[C@H](C#Cc1cc(C(F)(F)F)cc(C(F)(F)F)c1)c1ccc(OC)c(OC2CCCC2)c1. The van der Waals surface area contributed by atoms with Crippen molar-refractivity contribution in [3.8, 4) is 23.3 Å². The predicted molar refractivity (Wildman–Crippen MR) is 119 cm³/mol. The van der Waals surface area contributed by atoms with Gasteiger partial charge in [0.1, 0.15) is 0 Å². The molecular formula is C26H24F6O4. The summed E-state index contributed by atoms with van der Waals surface area (Å²) in [5.41, 5.74) is -2.95. The van der Waals surface area contributed by atoms with Gasteiger partial charge in [-0.25, -0.2) is 0 Å². The summed E-state index contributed by atoms with van der Waals surface area (Å²) in [4.78, 5) is 12.0. The molecular weight excluding hydrogens is 490 g/mol. The van der Waals surface area contributed by atoms with Gasteiger partial charge in [0.05, 0.1) is 43.8 Å². The fourth-order valence-corrected chi connectivity index (χ4v) is 3.89. The Kier molecular flexibility index (Phi) is 8.43. The van der Waals surface area contributed by atoms with Crippen molar-refractivity contribution in [1.82, 2.24) is 0 Å². The largest absolute Gasteiger partial charge is 0.493 e. The Hall–Kier alpha value is -3.35. The van der Waals surface area contributed by atoms with Crippen molar-refractivity contribution in [3.63, 3.8) is 0 Å². The highest BCUT2D eigenvalue weighted by atomic mass is 19.4. The van der Waals surface area contributed by atoms with Crippen LogP contribution in [0.1, 0.15) is 60.3 Å². The molecule has 0 amide bonds. The van der Waals surface area contributed by atoms with E-state index < -0.39 is 40.9 Å².